The first-order valence-corrected chi connectivity index (χ1v) is 8.76. The van der Waals surface area contributed by atoms with Crippen molar-refractivity contribution in [1.82, 2.24) is 0 Å². The maximum Gasteiger partial charge on any atom is 0.0589 e. The van der Waals surface area contributed by atoms with Crippen LogP contribution in [0.3, 0.4) is 0 Å². The lowest BCUT2D eigenvalue weighted by molar-refractivity contribution is 0.640. The highest BCUT2D eigenvalue weighted by molar-refractivity contribution is 7.99. The summed E-state index contributed by atoms with van der Waals surface area (Å²) in [7, 11) is 0. The third kappa shape index (κ3) is 3.66. The molecule has 3 heteroatoms. The number of rotatable bonds is 5. The Balaban J connectivity index is 2.30. The number of hydrogen-bond acceptors (Lipinski definition) is 3. The molecule has 0 aliphatic heterocycles. The zero-order valence-corrected chi connectivity index (χ0v) is 14.3. The second-order valence-corrected chi connectivity index (χ2v) is 7.83. The van der Waals surface area contributed by atoms with E-state index < -0.39 is 0 Å². The first kappa shape index (κ1) is 15.6. The number of hydrogen-bond donors (Lipinski definition) is 1. The molecule has 0 radical (unpaired) electrons. The van der Waals surface area contributed by atoms with Gasteiger partial charge in [0.1, 0.15) is 0 Å². The molecule has 0 amide bonds. The molecular weight excluding hydrogens is 282 g/mol. The standard InChI is InChI=1S/C17H23NS2/c1-5-14(18)17(15-9-8-13(4)19-15)20-16-10-11(2)6-7-12(16)3/h6-10,14,17H,5,18H2,1-4H3. The van der Waals surface area contributed by atoms with E-state index in [0.29, 0.717) is 5.25 Å². The van der Waals surface area contributed by atoms with Gasteiger partial charge in [0, 0.05) is 20.7 Å². The molecule has 0 aliphatic rings. The minimum absolute atomic E-state index is 0.193. The lowest BCUT2D eigenvalue weighted by Crippen LogP contribution is -2.25. The van der Waals surface area contributed by atoms with Crippen LogP contribution in [-0.4, -0.2) is 6.04 Å². The minimum atomic E-state index is 0.193. The zero-order valence-electron chi connectivity index (χ0n) is 12.6. The van der Waals surface area contributed by atoms with Gasteiger partial charge in [0.15, 0.2) is 0 Å². The second-order valence-electron chi connectivity index (χ2n) is 5.33. The predicted octanol–water partition coefficient (Wildman–Crippen LogP) is 5.24. The van der Waals surface area contributed by atoms with Gasteiger partial charge in [-0.25, -0.2) is 0 Å². The van der Waals surface area contributed by atoms with Crippen LogP contribution in [0.15, 0.2) is 35.2 Å². The van der Waals surface area contributed by atoms with Crippen molar-refractivity contribution in [2.24, 2.45) is 5.73 Å². The molecule has 2 aromatic rings. The molecule has 108 valence electrons. The second kappa shape index (κ2) is 6.79. The van der Waals surface area contributed by atoms with Crippen molar-refractivity contribution in [3.8, 4) is 0 Å². The van der Waals surface area contributed by atoms with Crippen LogP contribution in [0.25, 0.3) is 0 Å². The van der Waals surface area contributed by atoms with Crippen molar-refractivity contribution in [3.05, 3.63) is 51.2 Å². The summed E-state index contributed by atoms with van der Waals surface area (Å²) in [5, 5.41) is 0.346. The summed E-state index contributed by atoms with van der Waals surface area (Å²) in [6.07, 6.45) is 0.999. The van der Waals surface area contributed by atoms with Gasteiger partial charge in [0.2, 0.25) is 0 Å². The Morgan fingerprint density at radius 1 is 1.15 bits per heavy atom. The number of thioether (sulfide) groups is 1. The molecule has 1 aromatic heterocycles. The van der Waals surface area contributed by atoms with Gasteiger partial charge in [-0.1, -0.05) is 24.6 Å². The van der Waals surface area contributed by atoms with E-state index in [1.54, 1.807) is 0 Å². The number of nitrogens with two attached hydrogens (primary N) is 1. The summed E-state index contributed by atoms with van der Waals surface area (Å²) < 4.78 is 0. The molecule has 2 unspecified atom stereocenters. The summed E-state index contributed by atoms with van der Waals surface area (Å²) in [5.74, 6) is 0. The zero-order chi connectivity index (χ0) is 14.7. The first-order valence-electron chi connectivity index (χ1n) is 7.07. The van der Waals surface area contributed by atoms with E-state index in [2.05, 4.69) is 58.0 Å². The minimum Gasteiger partial charge on any atom is -0.326 e. The highest BCUT2D eigenvalue weighted by atomic mass is 32.2. The van der Waals surface area contributed by atoms with Gasteiger partial charge in [0.25, 0.3) is 0 Å². The maximum atomic E-state index is 6.38. The molecule has 0 spiro atoms. The molecule has 2 rings (SSSR count). The molecule has 2 atom stereocenters. The maximum absolute atomic E-state index is 6.38. The molecule has 0 bridgehead atoms. The van der Waals surface area contributed by atoms with Crippen LogP contribution in [0, 0.1) is 20.8 Å². The van der Waals surface area contributed by atoms with E-state index in [1.165, 1.54) is 25.8 Å². The quantitative estimate of drug-likeness (QED) is 0.764. The largest absolute Gasteiger partial charge is 0.326 e. The smallest absolute Gasteiger partial charge is 0.0589 e. The van der Waals surface area contributed by atoms with Gasteiger partial charge in [-0.2, -0.15) is 0 Å². The van der Waals surface area contributed by atoms with Crippen LogP contribution in [0.4, 0.5) is 0 Å². The summed E-state index contributed by atoms with van der Waals surface area (Å²) in [4.78, 5) is 4.10. The molecule has 1 heterocycles. The van der Waals surface area contributed by atoms with Gasteiger partial charge < -0.3 is 5.73 Å². The monoisotopic (exact) mass is 305 g/mol. The third-order valence-electron chi connectivity index (χ3n) is 3.50. The fraction of sp³-hybridized carbons (Fsp3) is 0.412. The molecule has 20 heavy (non-hydrogen) atoms. The fourth-order valence-electron chi connectivity index (χ4n) is 2.15. The van der Waals surface area contributed by atoms with E-state index in [-0.39, 0.29) is 6.04 Å². The van der Waals surface area contributed by atoms with E-state index in [0.717, 1.165) is 6.42 Å². The van der Waals surface area contributed by atoms with Crippen LogP contribution >= 0.6 is 23.1 Å². The van der Waals surface area contributed by atoms with Crippen molar-refractivity contribution >= 4 is 23.1 Å². The van der Waals surface area contributed by atoms with Crippen LogP contribution in [0.1, 0.15) is 39.5 Å². The van der Waals surface area contributed by atoms with E-state index >= 15 is 0 Å². The topological polar surface area (TPSA) is 26.0 Å². The number of thiophene rings is 1. The summed E-state index contributed by atoms with van der Waals surface area (Å²) in [6, 6.07) is 11.3. The van der Waals surface area contributed by atoms with E-state index in [1.807, 2.05) is 23.1 Å². The van der Waals surface area contributed by atoms with Crippen molar-refractivity contribution in [1.29, 1.82) is 0 Å². The molecule has 2 N–H and O–H groups in total. The molecule has 0 aliphatic carbocycles. The first-order chi connectivity index (χ1) is 9.51. The lowest BCUT2D eigenvalue weighted by atomic mass is 10.1. The molecule has 0 saturated carbocycles. The Kier molecular flexibility index (Phi) is 5.30. The van der Waals surface area contributed by atoms with Crippen molar-refractivity contribution in [3.63, 3.8) is 0 Å². The summed E-state index contributed by atoms with van der Waals surface area (Å²) in [6.45, 7) is 8.65. The normalized spacial score (nSPS) is 14.2. The van der Waals surface area contributed by atoms with Crippen LogP contribution < -0.4 is 5.73 Å². The Morgan fingerprint density at radius 2 is 1.90 bits per heavy atom. The SMILES string of the molecule is CCC(N)C(Sc1cc(C)ccc1C)c1ccc(C)s1. The molecule has 0 fully saturated rings. The molecule has 1 aromatic carbocycles. The van der Waals surface area contributed by atoms with Crippen LogP contribution in [0.5, 0.6) is 0 Å². The molecule has 1 nitrogen and oxygen atoms in total. The summed E-state index contributed by atoms with van der Waals surface area (Å²) >= 11 is 3.78. The predicted molar refractivity (Wildman–Crippen MR) is 91.8 cm³/mol. The fourth-order valence-corrected chi connectivity index (χ4v) is 4.71. The van der Waals surface area contributed by atoms with E-state index in [9.17, 15) is 0 Å². The highest BCUT2D eigenvalue weighted by Gasteiger charge is 2.22. The van der Waals surface area contributed by atoms with Crippen LogP contribution in [-0.2, 0) is 0 Å². The number of benzene rings is 1. The Bertz CT molecular complexity index is 574. The van der Waals surface area contributed by atoms with Gasteiger partial charge >= 0.3 is 0 Å². The van der Waals surface area contributed by atoms with Gasteiger partial charge in [0.05, 0.1) is 5.25 Å². The van der Waals surface area contributed by atoms with Crippen molar-refractivity contribution in [2.75, 3.05) is 0 Å². The molecule has 0 saturated heterocycles. The Morgan fingerprint density at radius 3 is 2.50 bits per heavy atom. The average molecular weight is 306 g/mol. The van der Waals surface area contributed by atoms with E-state index in [4.69, 9.17) is 5.73 Å². The molecular formula is C17H23NS2. The Hall–Kier alpha value is -0.770. The highest BCUT2D eigenvalue weighted by Crippen LogP contribution is 2.42. The van der Waals surface area contributed by atoms with Crippen LogP contribution in [0.2, 0.25) is 0 Å². The van der Waals surface area contributed by atoms with Gasteiger partial charge in [-0.05, 0) is 51.0 Å². The van der Waals surface area contributed by atoms with Crippen molar-refractivity contribution in [2.45, 2.75) is 50.3 Å². The number of aryl methyl sites for hydroxylation is 3. The lowest BCUT2D eigenvalue weighted by Gasteiger charge is -2.22. The summed E-state index contributed by atoms with van der Waals surface area (Å²) in [5.41, 5.74) is 9.03. The third-order valence-corrected chi connectivity index (χ3v) is 6.28. The Labute approximate surface area is 130 Å². The van der Waals surface area contributed by atoms with Gasteiger partial charge in [-0.3, -0.25) is 0 Å². The average Bonchev–Trinajstić information content (AvgIpc) is 2.85. The van der Waals surface area contributed by atoms with Gasteiger partial charge in [-0.15, -0.1) is 23.1 Å². The van der Waals surface area contributed by atoms with Crippen molar-refractivity contribution < 1.29 is 0 Å².